The van der Waals surface area contributed by atoms with E-state index in [4.69, 9.17) is 17.3 Å². The van der Waals surface area contributed by atoms with Gasteiger partial charge in [-0.15, -0.1) is 0 Å². The molecule has 5 nitrogen and oxygen atoms in total. The largest absolute Gasteiger partial charge is 0.394 e. The van der Waals surface area contributed by atoms with E-state index in [0.717, 1.165) is 25.7 Å². The van der Waals surface area contributed by atoms with E-state index in [1.54, 1.807) is 4.90 Å². The highest BCUT2D eigenvalue weighted by atomic mass is 35.5. The minimum atomic E-state index is -0.181. The highest BCUT2D eigenvalue weighted by Crippen LogP contribution is 2.23. The van der Waals surface area contributed by atoms with Crippen molar-refractivity contribution in [1.29, 1.82) is 0 Å². The number of aliphatic hydroxyl groups is 1. The Hall–Kier alpha value is -1.33. The summed E-state index contributed by atoms with van der Waals surface area (Å²) in [7, 11) is 0. The number of nitrogens with zero attached hydrogens (tertiary/aromatic N) is 2. The number of rotatable bonds is 2. The van der Waals surface area contributed by atoms with E-state index in [2.05, 4.69) is 4.98 Å². The fourth-order valence-electron chi connectivity index (χ4n) is 2.41. The monoisotopic (exact) mass is 283 g/mol. The summed E-state index contributed by atoms with van der Waals surface area (Å²) in [5.41, 5.74) is 5.96. The number of nitrogens with two attached hydrogens (primary N) is 1. The molecule has 1 aliphatic rings. The van der Waals surface area contributed by atoms with Crippen LogP contribution in [0.5, 0.6) is 0 Å². The Morgan fingerprint density at radius 1 is 1.53 bits per heavy atom. The Bertz CT molecular complexity index is 467. The average Bonchev–Trinajstić information content (AvgIpc) is 2.65. The van der Waals surface area contributed by atoms with E-state index in [1.165, 1.54) is 12.3 Å². The summed E-state index contributed by atoms with van der Waals surface area (Å²) >= 11 is 6.01. The quantitative estimate of drug-likeness (QED) is 0.866. The fourth-order valence-corrected chi connectivity index (χ4v) is 2.59. The summed E-state index contributed by atoms with van der Waals surface area (Å²) in [5, 5.41) is 9.73. The number of carbonyl (C=O) groups excluding carboxylic acids is 1. The molecule has 1 amide bonds. The van der Waals surface area contributed by atoms with Gasteiger partial charge in [-0.1, -0.05) is 24.4 Å². The van der Waals surface area contributed by atoms with Crippen molar-refractivity contribution >= 4 is 23.3 Å². The van der Waals surface area contributed by atoms with Crippen LogP contribution in [0.3, 0.4) is 0 Å². The van der Waals surface area contributed by atoms with E-state index >= 15 is 0 Å². The van der Waals surface area contributed by atoms with Crippen molar-refractivity contribution in [3.8, 4) is 0 Å². The molecule has 0 aromatic carbocycles. The first-order valence-corrected chi connectivity index (χ1v) is 6.84. The second-order valence-corrected chi connectivity index (χ2v) is 5.18. The van der Waals surface area contributed by atoms with E-state index in [-0.39, 0.29) is 24.4 Å². The normalized spacial score (nSPS) is 20.1. The van der Waals surface area contributed by atoms with Gasteiger partial charge in [-0.25, -0.2) is 4.98 Å². The van der Waals surface area contributed by atoms with Crippen molar-refractivity contribution in [2.24, 2.45) is 0 Å². The number of aliphatic hydroxyl groups excluding tert-OH is 1. The van der Waals surface area contributed by atoms with Crippen LogP contribution in [0.4, 0.5) is 5.82 Å². The summed E-state index contributed by atoms with van der Waals surface area (Å²) in [4.78, 5) is 18.1. The zero-order valence-electron chi connectivity index (χ0n) is 10.7. The van der Waals surface area contributed by atoms with Crippen LogP contribution in [-0.2, 0) is 0 Å². The van der Waals surface area contributed by atoms with Crippen LogP contribution in [0, 0.1) is 0 Å². The molecule has 1 unspecified atom stereocenters. The van der Waals surface area contributed by atoms with Gasteiger partial charge in [-0.3, -0.25) is 4.79 Å². The van der Waals surface area contributed by atoms with Gasteiger partial charge >= 0.3 is 0 Å². The number of likely N-dealkylation sites (tertiary alicyclic amines) is 1. The molecule has 0 radical (unpaired) electrons. The van der Waals surface area contributed by atoms with Crippen LogP contribution in [-0.4, -0.2) is 40.1 Å². The molecule has 0 aliphatic carbocycles. The molecule has 1 fully saturated rings. The second kappa shape index (κ2) is 6.21. The lowest BCUT2D eigenvalue weighted by Crippen LogP contribution is -2.42. The number of amides is 1. The molecule has 1 aromatic heterocycles. The van der Waals surface area contributed by atoms with Crippen molar-refractivity contribution in [3.05, 3.63) is 22.8 Å². The minimum Gasteiger partial charge on any atom is -0.394 e. The Labute approximate surface area is 117 Å². The van der Waals surface area contributed by atoms with Gasteiger partial charge in [0.05, 0.1) is 23.2 Å². The van der Waals surface area contributed by atoms with Crippen LogP contribution in [0.2, 0.25) is 5.02 Å². The molecule has 1 aliphatic heterocycles. The van der Waals surface area contributed by atoms with Gasteiger partial charge in [0.25, 0.3) is 5.91 Å². The summed E-state index contributed by atoms with van der Waals surface area (Å²) in [5.74, 6) is 0.0863. The first kappa shape index (κ1) is 14.1. The van der Waals surface area contributed by atoms with Crippen molar-refractivity contribution in [2.75, 3.05) is 18.9 Å². The lowest BCUT2D eigenvalue weighted by atomic mass is 10.1. The van der Waals surface area contributed by atoms with Crippen molar-refractivity contribution < 1.29 is 9.90 Å². The van der Waals surface area contributed by atoms with Crippen molar-refractivity contribution in [2.45, 2.75) is 31.7 Å². The Morgan fingerprint density at radius 3 is 3.05 bits per heavy atom. The lowest BCUT2D eigenvalue weighted by molar-refractivity contribution is 0.0600. The number of carbonyl (C=O) groups is 1. The molecule has 104 valence electrons. The zero-order chi connectivity index (χ0) is 13.8. The van der Waals surface area contributed by atoms with Crippen molar-refractivity contribution in [3.63, 3.8) is 0 Å². The van der Waals surface area contributed by atoms with Gasteiger partial charge in [0, 0.05) is 12.7 Å². The molecule has 1 saturated heterocycles. The molecular formula is C13H18ClN3O2. The minimum absolute atomic E-state index is 0.0239. The third kappa shape index (κ3) is 3.16. The number of hydrogen-bond donors (Lipinski definition) is 2. The third-order valence-electron chi connectivity index (χ3n) is 3.46. The van der Waals surface area contributed by atoms with Gasteiger partial charge in [-0.2, -0.15) is 0 Å². The number of halogens is 1. The van der Waals surface area contributed by atoms with Crippen LogP contribution in [0.1, 0.15) is 36.0 Å². The molecule has 3 N–H and O–H groups in total. The van der Waals surface area contributed by atoms with Gasteiger partial charge in [0.2, 0.25) is 0 Å². The first-order valence-electron chi connectivity index (χ1n) is 6.46. The molecule has 6 heteroatoms. The van der Waals surface area contributed by atoms with Gasteiger partial charge in [0.15, 0.2) is 0 Å². The number of anilines is 1. The predicted molar refractivity (Wildman–Crippen MR) is 74.0 cm³/mol. The topological polar surface area (TPSA) is 79.5 Å². The Morgan fingerprint density at radius 2 is 2.32 bits per heavy atom. The molecule has 19 heavy (non-hydrogen) atoms. The average molecular weight is 284 g/mol. The maximum atomic E-state index is 12.5. The van der Waals surface area contributed by atoms with Crippen LogP contribution in [0.15, 0.2) is 12.3 Å². The number of pyridine rings is 1. The van der Waals surface area contributed by atoms with Gasteiger partial charge < -0.3 is 15.7 Å². The summed E-state index contributed by atoms with van der Waals surface area (Å²) in [6, 6.07) is 1.35. The lowest BCUT2D eigenvalue weighted by Gasteiger charge is -2.29. The molecule has 2 heterocycles. The molecule has 1 atom stereocenters. The maximum Gasteiger partial charge on any atom is 0.255 e. The maximum absolute atomic E-state index is 12.5. The standard InChI is InChI=1S/C13H18ClN3O2/c14-11-7-16-12(15)6-10(11)13(19)17-5-3-1-2-4-9(17)8-18/h6-7,9,18H,1-5,8H2,(H2,15,16). The smallest absolute Gasteiger partial charge is 0.255 e. The number of hydrogen-bond acceptors (Lipinski definition) is 4. The van der Waals surface area contributed by atoms with Crippen LogP contribution >= 0.6 is 11.6 Å². The summed E-state index contributed by atoms with van der Waals surface area (Å²) in [6.45, 7) is 0.618. The van der Waals surface area contributed by atoms with E-state index < -0.39 is 0 Å². The third-order valence-corrected chi connectivity index (χ3v) is 3.76. The molecule has 1 aromatic rings. The van der Waals surface area contributed by atoms with Crippen LogP contribution < -0.4 is 5.73 Å². The molecule has 2 rings (SSSR count). The summed E-state index contributed by atoms with van der Waals surface area (Å²) < 4.78 is 0. The first-order chi connectivity index (χ1) is 9.13. The highest BCUT2D eigenvalue weighted by Gasteiger charge is 2.27. The Balaban J connectivity index is 2.27. The fraction of sp³-hybridized carbons (Fsp3) is 0.538. The van der Waals surface area contributed by atoms with E-state index in [9.17, 15) is 9.90 Å². The second-order valence-electron chi connectivity index (χ2n) is 4.77. The molecule has 0 saturated carbocycles. The van der Waals surface area contributed by atoms with Crippen molar-refractivity contribution in [1.82, 2.24) is 9.88 Å². The highest BCUT2D eigenvalue weighted by molar-refractivity contribution is 6.33. The molecule has 0 bridgehead atoms. The predicted octanol–water partition coefficient (Wildman–Crippen LogP) is 1.69. The molecule has 0 spiro atoms. The summed E-state index contributed by atoms with van der Waals surface area (Å²) in [6.07, 6.45) is 5.25. The van der Waals surface area contributed by atoms with Gasteiger partial charge in [0.1, 0.15) is 5.82 Å². The van der Waals surface area contributed by atoms with E-state index in [1.807, 2.05) is 0 Å². The number of nitrogen functional groups attached to an aromatic ring is 1. The number of aromatic nitrogens is 1. The van der Waals surface area contributed by atoms with E-state index in [0.29, 0.717) is 17.1 Å². The Kier molecular flexibility index (Phi) is 4.61. The SMILES string of the molecule is Nc1cc(C(=O)N2CCCCCC2CO)c(Cl)cn1. The van der Waals surface area contributed by atoms with Gasteiger partial charge in [-0.05, 0) is 18.9 Å². The molecular weight excluding hydrogens is 266 g/mol. The van der Waals surface area contributed by atoms with Crippen LogP contribution in [0.25, 0.3) is 0 Å². The zero-order valence-corrected chi connectivity index (χ0v) is 11.4.